The standard InChI is InChI=1S/C23H22N2O3/c26-21(20-12-6-8-16-7-4-5-11-19(16)20)14-24-23(28)17-13-22(27)25(15-17)18-9-2-1-3-10-18/h1-12,17,21,26H,13-15H2,(H,24,28)/t17-,21+/m1/s1. The zero-order valence-electron chi connectivity index (χ0n) is 15.4. The number of para-hydroxylation sites is 1. The van der Waals surface area contributed by atoms with Gasteiger partial charge in [0.1, 0.15) is 0 Å². The molecule has 5 nitrogen and oxygen atoms in total. The van der Waals surface area contributed by atoms with Gasteiger partial charge in [-0.2, -0.15) is 0 Å². The van der Waals surface area contributed by atoms with E-state index in [2.05, 4.69) is 5.32 Å². The maximum Gasteiger partial charge on any atom is 0.227 e. The molecule has 1 fully saturated rings. The van der Waals surface area contributed by atoms with E-state index in [4.69, 9.17) is 0 Å². The Balaban J connectivity index is 1.40. The van der Waals surface area contributed by atoms with Gasteiger partial charge in [0.25, 0.3) is 0 Å². The first-order valence-corrected chi connectivity index (χ1v) is 9.42. The summed E-state index contributed by atoms with van der Waals surface area (Å²) in [5.74, 6) is -0.667. The van der Waals surface area contributed by atoms with E-state index >= 15 is 0 Å². The van der Waals surface area contributed by atoms with Gasteiger partial charge in [-0.25, -0.2) is 0 Å². The van der Waals surface area contributed by atoms with Crippen LogP contribution in [0, 0.1) is 5.92 Å². The second-order valence-corrected chi connectivity index (χ2v) is 7.07. The van der Waals surface area contributed by atoms with Crippen molar-refractivity contribution in [3.8, 4) is 0 Å². The van der Waals surface area contributed by atoms with E-state index in [0.29, 0.717) is 6.54 Å². The topological polar surface area (TPSA) is 69.6 Å². The fourth-order valence-corrected chi connectivity index (χ4v) is 3.73. The molecular formula is C23H22N2O3. The number of carbonyl (C=O) groups excluding carboxylic acids is 2. The number of rotatable bonds is 5. The summed E-state index contributed by atoms with van der Waals surface area (Å²) in [5, 5.41) is 15.4. The van der Waals surface area contributed by atoms with Crippen LogP contribution in [0.25, 0.3) is 10.8 Å². The van der Waals surface area contributed by atoms with Crippen molar-refractivity contribution >= 4 is 28.3 Å². The molecule has 1 saturated heterocycles. The van der Waals surface area contributed by atoms with Crippen LogP contribution in [0.4, 0.5) is 5.69 Å². The zero-order chi connectivity index (χ0) is 19.5. The molecule has 3 aromatic carbocycles. The largest absolute Gasteiger partial charge is 0.387 e. The Morgan fingerprint density at radius 2 is 1.75 bits per heavy atom. The van der Waals surface area contributed by atoms with Crippen LogP contribution in [0.15, 0.2) is 72.8 Å². The number of amides is 2. The predicted molar refractivity (Wildman–Crippen MR) is 109 cm³/mol. The first-order valence-electron chi connectivity index (χ1n) is 9.42. The molecule has 1 aliphatic heterocycles. The van der Waals surface area contributed by atoms with E-state index in [1.807, 2.05) is 72.8 Å². The van der Waals surface area contributed by atoms with Crippen molar-refractivity contribution in [1.29, 1.82) is 0 Å². The monoisotopic (exact) mass is 374 g/mol. The molecule has 142 valence electrons. The fourth-order valence-electron chi connectivity index (χ4n) is 3.73. The van der Waals surface area contributed by atoms with Crippen molar-refractivity contribution in [2.75, 3.05) is 18.0 Å². The Morgan fingerprint density at radius 3 is 2.57 bits per heavy atom. The van der Waals surface area contributed by atoms with Crippen LogP contribution in [0.2, 0.25) is 0 Å². The number of nitrogens with zero attached hydrogens (tertiary/aromatic N) is 1. The van der Waals surface area contributed by atoms with Gasteiger partial charge in [-0.3, -0.25) is 9.59 Å². The Morgan fingerprint density at radius 1 is 1.04 bits per heavy atom. The van der Waals surface area contributed by atoms with Gasteiger partial charge in [0, 0.05) is 25.2 Å². The smallest absolute Gasteiger partial charge is 0.227 e. The second kappa shape index (κ2) is 7.82. The Hall–Kier alpha value is -3.18. The number of nitrogens with one attached hydrogen (secondary N) is 1. The van der Waals surface area contributed by atoms with E-state index < -0.39 is 12.0 Å². The molecule has 1 heterocycles. The lowest BCUT2D eigenvalue weighted by Gasteiger charge is -2.18. The van der Waals surface area contributed by atoms with Gasteiger partial charge in [0.15, 0.2) is 0 Å². The lowest BCUT2D eigenvalue weighted by molar-refractivity contribution is -0.126. The highest BCUT2D eigenvalue weighted by molar-refractivity contribution is 6.00. The normalized spacial score (nSPS) is 17.7. The molecule has 4 rings (SSSR count). The Kier molecular flexibility index (Phi) is 5.08. The summed E-state index contributed by atoms with van der Waals surface area (Å²) in [7, 11) is 0. The molecule has 2 N–H and O–H groups in total. The zero-order valence-corrected chi connectivity index (χ0v) is 15.4. The quantitative estimate of drug-likeness (QED) is 0.721. The summed E-state index contributed by atoms with van der Waals surface area (Å²) in [5.41, 5.74) is 1.59. The molecule has 0 aromatic heterocycles. The predicted octanol–water partition coefficient (Wildman–Crippen LogP) is 3.04. The molecule has 0 unspecified atom stereocenters. The summed E-state index contributed by atoms with van der Waals surface area (Å²) in [6.07, 6.45) is -0.622. The third kappa shape index (κ3) is 3.62. The molecule has 0 spiro atoms. The average Bonchev–Trinajstić information content (AvgIpc) is 3.13. The van der Waals surface area contributed by atoms with E-state index in [1.165, 1.54) is 0 Å². The van der Waals surface area contributed by atoms with Crippen LogP contribution in [0.1, 0.15) is 18.1 Å². The van der Waals surface area contributed by atoms with Gasteiger partial charge < -0.3 is 15.3 Å². The first-order chi connectivity index (χ1) is 13.6. The number of aliphatic hydroxyl groups excluding tert-OH is 1. The Labute approximate surface area is 163 Å². The van der Waals surface area contributed by atoms with Crippen LogP contribution in [0.3, 0.4) is 0 Å². The van der Waals surface area contributed by atoms with Crippen LogP contribution >= 0.6 is 0 Å². The van der Waals surface area contributed by atoms with Gasteiger partial charge in [-0.1, -0.05) is 60.7 Å². The van der Waals surface area contributed by atoms with Crippen molar-refractivity contribution < 1.29 is 14.7 Å². The maximum absolute atomic E-state index is 12.6. The first kappa shape index (κ1) is 18.2. The number of hydrogen-bond acceptors (Lipinski definition) is 3. The molecule has 0 bridgehead atoms. The third-order valence-corrected chi connectivity index (χ3v) is 5.22. The molecule has 28 heavy (non-hydrogen) atoms. The van der Waals surface area contributed by atoms with Crippen molar-refractivity contribution in [3.05, 3.63) is 78.4 Å². The Bertz CT molecular complexity index is 998. The number of fused-ring (bicyclic) bond motifs is 1. The summed E-state index contributed by atoms with van der Waals surface area (Å²) in [6, 6.07) is 23.0. The second-order valence-electron chi connectivity index (χ2n) is 7.07. The number of aliphatic hydroxyl groups is 1. The number of benzene rings is 3. The van der Waals surface area contributed by atoms with Crippen LogP contribution in [-0.2, 0) is 9.59 Å². The van der Waals surface area contributed by atoms with Crippen molar-refractivity contribution in [2.24, 2.45) is 5.92 Å². The number of anilines is 1. The molecule has 0 radical (unpaired) electrons. The third-order valence-electron chi connectivity index (χ3n) is 5.22. The summed E-state index contributed by atoms with van der Waals surface area (Å²) in [4.78, 5) is 26.5. The molecule has 2 atom stereocenters. The van der Waals surface area contributed by atoms with Gasteiger partial charge in [-0.05, 0) is 28.5 Å². The van der Waals surface area contributed by atoms with Gasteiger partial charge in [0.2, 0.25) is 11.8 Å². The summed E-state index contributed by atoms with van der Waals surface area (Å²) >= 11 is 0. The molecule has 3 aromatic rings. The highest BCUT2D eigenvalue weighted by Gasteiger charge is 2.35. The van der Waals surface area contributed by atoms with E-state index in [0.717, 1.165) is 22.0 Å². The lowest BCUT2D eigenvalue weighted by Crippen LogP contribution is -2.35. The van der Waals surface area contributed by atoms with Gasteiger partial charge >= 0.3 is 0 Å². The summed E-state index contributed by atoms with van der Waals surface area (Å²) in [6.45, 7) is 0.474. The average molecular weight is 374 g/mol. The maximum atomic E-state index is 12.6. The minimum Gasteiger partial charge on any atom is -0.387 e. The fraction of sp³-hybridized carbons (Fsp3) is 0.217. The number of carbonyl (C=O) groups is 2. The SMILES string of the molecule is O=C(NC[C@H](O)c1cccc2ccccc12)[C@@H]1CC(=O)N(c2ccccc2)C1. The van der Waals surface area contributed by atoms with Crippen LogP contribution in [0.5, 0.6) is 0 Å². The van der Waals surface area contributed by atoms with Crippen molar-refractivity contribution in [2.45, 2.75) is 12.5 Å². The molecule has 2 amide bonds. The highest BCUT2D eigenvalue weighted by Crippen LogP contribution is 2.26. The molecule has 0 saturated carbocycles. The lowest BCUT2D eigenvalue weighted by atomic mass is 10.00. The van der Waals surface area contributed by atoms with E-state index in [-0.39, 0.29) is 24.8 Å². The van der Waals surface area contributed by atoms with E-state index in [9.17, 15) is 14.7 Å². The minimum absolute atomic E-state index is 0.0547. The van der Waals surface area contributed by atoms with Gasteiger partial charge in [-0.15, -0.1) is 0 Å². The minimum atomic E-state index is -0.808. The van der Waals surface area contributed by atoms with Crippen molar-refractivity contribution in [1.82, 2.24) is 5.32 Å². The van der Waals surface area contributed by atoms with Crippen LogP contribution in [-0.4, -0.2) is 30.0 Å². The number of hydrogen-bond donors (Lipinski definition) is 2. The van der Waals surface area contributed by atoms with Crippen LogP contribution < -0.4 is 10.2 Å². The highest BCUT2D eigenvalue weighted by atomic mass is 16.3. The summed E-state index contributed by atoms with van der Waals surface area (Å²) < 4.78 is 0. The molecule has 1 aliphatic rings. The van der Waals surface area contributed by atoms with Gasteiger partial charge in [0.05, 0.1) is 12.0 Å². The molecule has 5 heteroatoms. The molecular weight excluding hydrogens is 352 g/mol. The van der Waals surface area contributed by atoms with E-state index in [1.54, 1.807) is 4.90 Å². The van der Waals surface area contributed by atoms with Crippen molar-refractivity contribution in [3.63, 3.8) is 0 Å². The molecule has 0 aliphatic carbocycles.